The molecule has 0 spiro atoms. The molecule has 0 aliphatic rings. The van der Waals surface area contributed by atoms with Crippen molar-refractivity contribution in [3.63, 3.8) is 0 Å². The number of hydrogen-bond acceptors (Lipinski definition) is 5. The van der Waals surface area contributed by atoms with Gasteiger partial charge in [0, 0.05) is 23.3 Å². The summed E-state index contributed by atoms with van der Waals surface area (Å²) in [6.45, 7) is 1.84. The molecule has 1 amide bonds. The number of fused-ring (bicyclic) bond motifs is 1. The van der Waals surface area contributed by atoms with Crippen LogP contribution in [0.2, 0.25) is 5.02 Å². The lowest BCUT2D eigenvalue weighted by Crippen LogP contribution is -2.41. The van der Waals surface area contributed by atoms with E-state index in [1.54, 1.807) is 30.3 Å². The van der Waals surface area contributed by atoms with Gasteiger partial charge in [-0.25, -0.2) is 4.79 Å². The Labute approximate surface area is 177 Å². The monoisotopic (exact) mass is 431 g/mol. The van der Waals surface area contributed by atoms with Crippen LogP contribution in [0, 0.1) is 0 Å². The Kier molecular flexibility index (Phi) is 6.47. The standard InChI is InChI=1S/C21H22ClN3O5/c1-4-9-24-20(27)15-7-5-13(22)10-16(15)25(21(24)28)12-19(26)23-14-6-8-17(29-2)18(11-14)30-3/h5-8,10-11H,4,9,12H2,1-3H3,(H,23,26). The van der Waals surface area contributed by atoms with Gasteiger partial charge in [0.1, 0.15) is 6.54 Å². The minimum Gasteiger partial charge on any atom is -0.493 e. The maximum absolute atomic E-state index is 12.9. The molecule has 0 atom stereocenters. The van der Waals surface area contributed by atoms with Crippen molar-refractivity contribution in [3.8, 4) is 11.5 Å². The van der Waals surface area contributed by atoms with E-state index in [9.17, 15) is 14.4 Å². The Bertz CT molecular complexity index is 1220. The van der Waals surface area contributed by atoms with E-state index < -0.39 is 17.2 Å². The van der Waals surface area contributed by atoms with Crippen LogP contribution in [0.4, 0.5) is 5.69 Å². The summed E-state index contributed by atoms with van der Waals surface area (Å²) < 4.78 is 12.8. The fourth-order valence-electron chi connectivity index (χ4n) is 3.22. The van der Waals surface area contributed by atoms with Crippen LogP contribution in [-0.4, -0.2) is 29.3 Å². The predicted octanol–water partition coefficient (Wildman–Crippen LogP) is 2.88. The number of rotatable bonds is 7. The minimum absolute atomic E-state index is 0.257. The third kappa shape index (κ3) is 4.18. The highest BCUT2D eigenvalue weighted by molar-refractivity contribution is 6.31. The van der Waals surface area contributed by atoms with E-state index in [4.69, 9.17) is 21.1 Å². The second-order valence-corrected chi connectivity index (χ2v) is 7.04. The van der Waals surface area contributed by atoms with Crippen molar-refractivity contribution in [2.75, 3.05) is 19.5 Å². The lowest BCUT2D eigenvalue weighted by molar-refractivity contribution is -0.116. The van der Waals surface area contributed by atoms with Crippen molar-refractivity contribution in [2.24, 2.45) is 0 Å². The molecule has 1 heterocycles. The van der Waals surface area contributed by atoms with Gasteiger partial charge in [-0.05, 0) is 36.8 Å². The first-order chi connectivity index (χ1) is 14.4. The molecule has 0 radical (unpaired) electrons. The zero-order valence-corrected chi connectivity index (χ0v) is 17.7. The minimum atomic E-state index is -0.556. The fourth-order valence-corrected chi connectivity index (χ4v) is 3.39. The summed E-state index contributed by atoms with van der Waals surface area (Å²) in [6, 6.07) is 9.60. The van der Waals surface area contributed by atoms with Gasteiger partial charge in [-0.1, -0.05) is 18.5 Å². The fraction of sp³-hybridized carbons (Fsp3) is 0.286. The molecule has 0 bridgehead atoms. The van der Waals surface area contributed by atoms with E-state index in [-0.39, 0.29) is 13.1 Å². The van der Waals surface area contributed by atoms with Gasteiger partial charge in [-0.15, -0.1) is 0 Å². The average molecular weight is 432 g/mol. The number of halogens is 1. The van der Waals surface area contributed by atoms with E-state index in [2.05, 4.69) is 5.32 Å². The maximum atomic E-state index is 12.9. The summed E-state index contributed by atoms with van der Waals surface area (Å²) in [4.78, 5) is 38.3. The SMILES string of the molecule is CCCn1c(=O)c2ccc(Cl)cc2n(CC(=O)Nc2ccc(OC)c(OC)c2)c1=O. The van der Waals surface area contributed by atoms with Gasteiger partial charge >= 0.3 is 5.69 Å². The smallest absolute Gasteiger partial charge is 0.331 e. The number of carbonyl (C=O) groups excluding carboxylic acids is 1. The number of hydrogen-bond donors (Lipinski definition) is 1. The van der Waals surface area contributed by atoms with Crippen molar-refractivity contribution in [1.82, 2.24) is 9.13 Å². The predicted molar refractivity (Wildman–Crippen MR) is 116 cm³/mol. The number of aromatic nitrogens is 2. The van der Waals surface area contributed by atoms with Crippen molar-refractivity contribution in [3.05, 3.63) is 62.3 Å². The van der Waals surface area contributed by atoms with Crippen LogP contribution in [0.25, 0.3) is 10.9 Å². The Morgan fingerprint density at radius 2 is 1.77 bits per heavy atom. The summed E-state index contributed by atoms with van der Waals surface area (Å²) in [5.41, 5.74) is -0.161. The number of ether oxygens (including phenoxy) is 2. The normalized spacial score (nSPS) is 10.8. The highest BCUT2D eigenvalue weighted by Gasteiger charge is 2.16. The lowest BCUT2D eigenvalue weighted by Gasteiger charge is -2.15. The molecule has 158 valence electrons. The second kappa shape index (κ2) is 9.04. The first kappa shape index (κ1) is 21.4. The zero-order chi connectivity index (χ0) is 21.8. The van der Waals surface area contributed by atoms with Gasteiger partial charge in [-0.3, -0.25) is 18.7 Å². The highest BCUT2D eigenvalue weighted by Crippen LogP contribution is 2.29. The molecule has 2 aromatic carbocycles. The Balaban J connectivity index is 2.00. The number of nitrogens with zero attached hydrogens (tertiary/aromatic N) is 2. The van der Waals surface area contributed by atoms with Crippen molar-refractivity contribution in [2.45, 2.75) is 26.4 Å². The number of anilines is 1. The van der Waals surface area contributed by atoms with Gasteiger partial charge in [0.15, 0.2) is 11.5 Å². The highest BCUT2D eigenvalue weighted by atomic mass is 35.5. The number of benzene rings is 2. The molecule has 0 saturated carbocycles. The molecule has 1 N–H and O–H groups in total. The molecule has 0 saturated heterocycles. The molecular formula is C21H22ClN3O5. The quantitative estimate of drug-likeness (QED) is 0.621. The molecule has 8 nitrogen and oxygen atoms in total. The first-order valence-electron chi connectivity index (χ1n) is 9.34. The topological polar surface area (TPSA) is 91.6 Å². The zero-order valence-electron chi connectivity index (χ0n) is 16.9. The number of carbonyl (C=O) groups is 1. The van der Waals surface area contributed by atoms with Crippen LogP contribution < -0.4 is 26.0 Å². The third-order valence-corrected chi connectivity index (χ3v) is 4.84. The second-order valence-electron chi connectivity index (χ2n) is 6.60. The van der Waals surface area contributed by atoms with Gasteiger partial charge in [0.05, 0.1) is 25.1 Å². The van der Waals surface area contributed by atoms with E-state index in [1.165, 1.54) is 24.9 Å². The maximum Gasteiger partial charge on any atom is 0.331 e. The lowest BCUT2D eigenvalue weighted by atomic mass is 10.2. The van der Waals surface area contributed by atoms with Crippen LogP contribution >= 0.6 is 11.6 Å². The molecule has 3 aromatic rings. The molecule has 1 aromatic heterocycles. The Morgan fingerprint density at radius 1 is 1.03 bits per heavy atom. The van der Waals surface area contributed by atoms with Gasteiger partial charge in [-0.2, -0.15) is 0 Å². The van der Waals surface area contributed by atoms with Crippen molar-refractivity contribution < 1.29 is 14.3 Å². The first-order valence-corrected chi connectivity index (χ1v) is 9.72. The van der Waals surface area contributed by atoms with Crippen LogP contribution in [0.5, 0.6) is 11.5 Å². The third-order valence-electron chi connectivity index (χ3n) is 4.60. The molecule has 30 heavy (non-hydrogen) atoms. The summed E-state index contributed by atoms with van der Waals surface area (Å²) in [7, 11) is 3.01. The largest absolute Gasteiger partial charge is 0.493 e. The van der Waals surface area contributed by atoms with Gasteiger partial charge in [0.2, 0.25) is 5.91 Å². The summed E-state index contributed by atoms with van der Waals surface area (Å²) in [6.07, 6.45) is 0.603. The van der Waals surface area contributed by atoms with Crippen molar-refractivity contribution in [1.29, 1.82) is 0 Å². The summed E-state index contributed by atoms with van der Waals surface area (Å²) in [5.74, 6) is 0.549. The molecule has 0 unspecified atom stereocenters. The molecular weight excluding hydrogens is 410 g/mol. The number of amides is 1. The van der Waals surface area contributed by atoms with E-state index in [0.717, 1.165) is 4.57 Å². The van der Waals surface area contributed by atoms with Gasteiger partial charge < -0.3 is 14.8 Å². The summed E-state index contributed by atoms with van der Waals surface area (Å²) in [5, 5.41) is 3.42. The molecule has 0 fully saturated rings. The number of nitrogens with one attached hydrogen (secondary N) is 1. The Morgan fingerprint density at radius 3 is 2.43 bits per heavy atom. The van der Waals surface area contributed by atoms with Crippen molar-refractivity contribution >= 4 is 34.1 Å². The molecule has 9 heteroatoms. The molecule has 0 aliphatic carbocycles. The summed E-state index contributed by atoms with van der Waals surface area (Å²) >= 11 is 6.07. The van der Waals surface area contributed by atoms with Crippen LogP contribution in [0.1, 0.15) is 13.3 Å². The average Bonchev–Trinajstić information content (AvgIpc) is 2.74. The number of methoxy groups -OCH3 is 2. The molecule has 3 rings (SSSR count). The van der Waals surface area contributed by atoms with Gasteiger partial charge in [0.25, 0.3) is 5.56 Å². The van der Waals surface area contributed by atoms with E-state index >= 15 is 0 Å². The van der Waals surface area contributed by atoms with Crippen LogP contribution in [-0.2, 0) is 17.9 Å². The Hall–Kier alpha value is -3.26. The van der Waals surface area contributed by atoms with Crippen LogP contribution in [0.15, 0.2) is 46.0 Å². The van der Waals surface area contributed by atoms with Crippen LogP contribution in [0.3, 0.4) is 0 Å². The van der Waals surface area contributed by atoms with E-state index in [0.29, 0.717) is 39.5 Å². The molecule has 0 aliphatic heterocycles. The van der Waals surface area contributed by atoms with E-state index in [1.807, 2.05) is 6.92 Å².